The minimum atomic E-state index is 0.115. The lowest BCUT2D eigenvalue weighted by atomic mass is 9.97. The smallest absolute Gasteiger partial charge is 0.254 e. The maximum absolute atomic E-state index is 12.5. The molecule has 0 fully saturated rings. The molecular weight excluding hydrogens is 314 g/mol. The molecule has 0 saturated heterocycles. The lowest BCUT2D eigenvalue weighted by Crippen LogP contribution is -2.35. The maximum atomic E-state index is 12.5. The Bertz CT molecular complexity index is 649. The third kappa shape index (κ3) is 2.63. The number of carbonyl (C=O) groups excluding carboxylic acids is 1. The van der Waals surface area contributed by atoms with Crippen molar-refractivity contribution in [2.45, 2.75) is 19.9 Å². The molecule has 1 amide bonds. The van der Waals surface area contributed by atoms with Crippen molar-refractivity contribution in [1.82, 2.24) is 4.90 Å². The highest BCUT2D eigenvalue weighted by Gasteiger charge is 2.21. The first-order valence-electron chi connectivity index (χ1n) is 6.77. The quantitative estimate of drug-likeness (QED) is 0.775. The van der Waals surface area contributed by atoms with Crippen LogP contribution in [0, 0.1) is 6.92 Å². The summed E-state index contributed by atoms with van der Waals surface area (Å²) in [5.74, 6) is 0.115. The Morgan fingerprint density at radius 1 is 1.10 bits per heavy atom. The minimum Gasteiger partial charge on any atom is -0.334 e. The molecule has 0 spiro atoms. The van der Waals surface area contributed by atoms with Crippen LogP contribution in [0.25, 0.3) is 0 Å². The van der Waals surface area contributed by atoms with E-state index in [0.29, 0.717) is 6.54 Å². The number of hydrogen-bond acceptors (Lipinski definition) is 1. The van der Waals surface area contributed by atoms with Crippen LogP contribution >= 0.6 is 15.9 Å². The third-order valence-electron chi connectivity index (χ3n) is 3.75. The first-order valence-corrected chi connectivity index (χ1v) is 7.56. The standard InChI is InChI=1S/C17H16BrNO/c1-12-2-3-15-11-19(9-8-14(15)10-12)17(20)13-4-6-16(18)7-5-13/h2-7,10H,8-9,11H2,1H3. The Labute approximate surface area is 127 Å². The Morgan fingerprint density at radius 2 is 1.85 bits per heavy atom. The Kier molecular flexibility index (Phi) is 3.62. The van der Waals surface area contributed by atoms with E-state index in [4.69, 9.17) is 0 Å². The summed E-state index contributed by atoms with van der Waals surface area (Å²) >= 11 is 3.39. The van der Waals surface area contributed by atoms with Gasteiger partial charge in [0.2, 0.25) is 0 Å². The van der Waals surface area contributed by atoms with Crippen molar-refractivity contribution in [2.24, 2.45) is 0 Å². The number of rotatable bonds is 1. The summed E-state index contributed by atoms with van der Waals surface area (Å²) in [4.78, 5) is 14.4. The topological polar surface area (TPSA) is 20.3 Å². The van der Waals surface area contributed by atoms with Crippen molar-refractivity contribution in [1.29, 1.82) is 0 Å². The highest BCUT2D eigenvalue weighted by molar-refractivity contribution is 9.10. The fourth-order valence-corrected chi connectivity index (χ4v) is 2.89. The van der Waals surface area contributed by atoms with Gasteiger partial charge in [-0.05, 0) is 48.7 Å². The van der Waals surface area contributed by atoms with Gasteiger partial charge in [-0.15, -0.1) is 0 Å². The van der Waals surface area contributed by atoms with Crippen molar-refractivity contribution >= 4 is 21.8 Å². The van der Waals surface area contributed by atoms with Gasteiger partial charge in [0, 0.05) is 23.1 Å². The first-order chi connectivity index (χ1) is 9.63. The molecular formula is C17H16BrNO. The molecule has 0 atom stereocenters. The lowest BCUT2D eigenvalue weighted by Gasteiger charge is -2.29. The molecule has 2 aromatic carbocycles. The second-order valence-electron chi connectivity index (χ2n) is 5.26. The van der Waals surface area contributed by atoms with E-state index in [1.54, 1.807) is 0 Å². The number of carbonyl (C=O) groups is 1. The monoisotopic (exact) mass is 329 g/mol. The van der Waals surface area contributed by atoms with Crippen LogP contribution in [-0.4, -0.2) is 17.4 Å². The van der Waals surface area contributed by atoms with Gasteiger partial charge < -0.3 is 4.90 Å². The number of fused-ring (bicyclic) bond motifs is 1. The largest absolute Gasteiger partial charge is 0.334 e. The Hall–Kier alpha value is -1.61. The lowest BCUT2D eigenvalue weighted by molar-refractivity contribution is 0.0734. The Morgan fingerprint density at radius 3 is 2.60 bits per heavy atom. The van der Waals surface area contributed by atoms with Crippen LogP contribution < -0.4 is 0 Å². The predicted octanol–water partition coefficient (Wildman–Crippen LogP) is 3.96. The van der Waals surface area contributed by atoms with Gasteiger partial charge in [0.15, 0.2) is 0 Å². The molecule has 3 rings (SSSR count). The molecule has 3 heteroatoms. The van der Waals surface area contributed by atoms with Gasteiger partial charge in [-0.25, -0.2) is 0 Å². The van der Waals surface area contributed by atoms with E-state index in [2.05, 4.69) is 41.1 Å². The molecule has 0 radical (unpaired) electrons. The van der Waals surface area contributed by atoms with Crippen LogP contribution in [0.1, 0.15) is 27.0 Å². The van der Waals surface area contributed by atoms with Gasteiger partial charge in [-0.1, -0.05) is 39.7 Å². The highest BCUT2D eigenvalue weighted by Crippen LogP contribution is 2.22. The van der Waals surface area contributed by atoms with E-state index in [1.807, 2.05) is 29.2 Å². The summed E-state index contributed by atoms with van der Waals surface area (Å²) in [7, 11) is 0. The zero-order valence-corrected chi connectivity index (χ0v) is 13.0. The molecule has 1 heterocycles. The van der Waals surface area contributed by atoms with Crippen LogP contribution in [0.3, 0.4) is 0 Å². The van der Waals surface area contributed by atoms with Crippen molar-refractivity contribution in [3.8, 4) is 0 Å². The van der Waals surface area contributed by atoms with Crippen molar-refractivity contribution in [3.63, 3.8) is 0 Å². The van der Waals surface area contributed by atoms with E-state index in [1.165, 1.54) is 16.7 Å². The molecule has 0 bridgehead atoms. The van der Waals surface area contributed by atoms with E-state index in [-0.39, 0.29) is 5.91 Å². The van der Waals surface area contributed by atoms with Crippen molar-refractivity contribution in [2.75, 3.05) is 6.54 Å². The van der Waals surface area contributed by atoms with Crippen molar-refractivity contribution in [3.05, 3.63) is 69.2 Å². The Balaban J connectivity index is 1.81. The zero-order valence-electron chi connectivity index (χ0n) is 11.4. The summed E-state index contributed by atoms with van der Waals surface area (Å²) < 4.78 is 0.994. The molecule has 0 aromatic heterocycles. The SMILES string of the molecule is Cc1ccc2c(c1)CCN(C(=O)c1ccc(Br)cc1)C2. The average molecular weight is 330 g/mol. The predicted molar refractivity (Wildman–Crippen MR) is 83.8 cm³/mol. The molecule has 102 valence electrons. The number of aryl methyl sites for hydroxylation is 1. The summed E-state index contributed by atoms with van der Waals surface area (Å²) in [6.45, 7) is 3.62. The van der Waals surface area contributed by atoms with Crippen LogP contribution in [-0.2, 0) is 13.0 Å². The van der Waals surface area contributed by atoms with Crippen LogP contribution in [0.2, 0.25) is 0 Å². The summed E-state index contributed by atoms with van der Waals surface area (Å²) in [5, 5.41) is 0. The zero-order chi connectivity index (χ0) is 14.1. The summed E-state index contributed by atoms with van der Waals surface area (Å²) in [5.41, 5.74) is 4.69. The third-order valence-corrected chi connectivity index (χ3v) is 4.28. The maximum Gasteiger partial charge on any atom is 0.254 e. The molecule has 1 aliphatic rings. The number of nitrogens with zero attached hydrogens (tertiary/aromatic N) is 1. The van der Waals surface area contributed by atoms with E-state index >= 15 is 0 Å². The van der Waals surface area contributed by atoms with Gasteiger partial charge in [0.05, 0.1) is 0 Å². The van der Waals surface area contributed by atoms with Crippen LogP contribution in [0.5, 0.6) is 0 Å². The number of hydrogen-bond donors (Lipinski definition) is 0. The summed E-state index contributed by atoms with van der Waals surface area (Å²) in [6, 6.07) is 14.1. The fraction of sp³-hybridized carbons (Fsp3) is 0.235. The van der Waals surface area contributed by atoms with Crippen LogP contribution in [0.15, 0.2) is 46.9 Å². The van der Waals surface area contributed by atoms with Gasteiger partial charge in [-0.2, -0.15) is 0 Å². The van der Waals surface area contributed by atoms with Gasteiger partial charge in [0.1, 0.15) is 0 Å². The molecule has 0 N–H and O–H groups in total. The molecule has 0 saturated carbocycles. The fourth-order valence-electron chi connectivity index (χ4n) is 2.63. The van der Waals surface area contributed by atoms with Gasteiger partial charge in [0.25, 0.3) is 5.91 Å². The minimum absolute atomic E-state index is 0.115. The molecule has 20 heavy (non-hydrogen) atoms. The highest BCUT2D eigenvalue weighted by atomic mass is 79.9. The second-order valence-corrected chi connectivity index (χ2v) is 6.17. The number of halogens is 1. The van der Waals surface area contributed by atoms with E-state index in [9.17, 15) is 4.79 Å². The molecule has 0 unspecified atom stereocenters. The number of amides is 1. The first kappa shape index (κ1) is 13.4. The molecule has 1 aliphatic heterocycles. The van der Waals surface area contributed by atoms with E-state index in [0.717, 1.165) is 23.0 Å². The summed E-state index contributed by atoms with van der Waals surface area (Å²) in [6.07, 6.45) is 0.944. The average Bonchev–Trinajstić information content (AvgIpc) is 2.47. The van der Waals surface area contributed by atoms with Crippen molar-refractivity contribution < 1.29 is 4.79 Å². The number of benzene rings is 2. The molecule has 0 aliphatic carbocycles. The normalized spacial score (nSPS) is 14.0. The van der Waals surface area contributed by atoms with Gasteiger partial charge in [-0.3, -0.25) is 4.79 Å². The molecule has 2 aromatic rings. The van der Waals surface area contributed by atoms with Gasteiger partial charge >= 0.3 is 0 Å². The molecule has 2 nitrogen and oxygen atoms in total. The second kappa shape index (κ2) is 5.41. The van der Waals surface area contributed by atoms with E-state index < -0.39 is 0 Å². The van der Waals surface area contributed by atoms with Crippen LogP contribution in [0.4, 0.5) is 0 Å².